The van der Waals surface area contributed by atoms with E-state index in [9.17, 15) is 0 Å². The van der Waals surface area contributed by atoms with Crippen LogP contribution in [0, 0.1) is 6.92 Å². The molecule has 0 amide bonds. The monoisotopic (exact) mass is 378 g/mol. The molecule has 4 nitrogen and oxygen atoms in total. The lowest BCUT2D eigenvalue weighted by Crippen LogP contribution is -2.16. The average molecular weight is 379 g/mol. The highest BCUT2D eigenvalue weighted by Gasteiger charge is 2.22. The first kappa shape index (κ1) is 20.1. The van der Waals surface area contributed by atoms with Crippen LogP contribution in [0.5, 0.6) is 5.75 Å². The maximum atomic E-state index is 5.92. The zero-order valence-electron chi connectivity index (χ0n) is 18.0. The fourth-order valence-electron chi connectivity index (χ4n) is 2.90. The second-order valence-corrected chi connectivity index (χ2v) is 9.35. The Morgan fingerprint density at radius 2 is 1.46 bits per heavy atom. The fraction of sp³-hybridized carbons (Fsp3) is 0.417. The highest BCUT2D eigenvalue weighted by molar-refractivity contribution is 5.57. The van der Waals surface area contributed by atoms with E-state index < -0.39 is 0 Å². The van der Waals surface area contributed by atoms with Crippen molar-refractivity contribution in [1.82, 2.24) is 10.2 Å². The molecule has 0 N–H and O–H groups in total. The lowest BCUT2D eigenvalue weighted by molar-refractivity contribution is 0.263. The van der Waals surface area contributed by atoms with Crippen molar-refractivity contribution >= 4 is 0 Å². The van der Waals surface area contributed by atoms with E-state index in [0.717, 1.165) is 16.9 Å². The summed E-state index contributed by atoms with van der Waals surface area (Å²) in [5.41, 5.74) is 4.61. The Bertz CT molecular complexity index is 927. The summed E-state index contributed by atoms with van der Waals surface area (Å²) in [5.74, 6) is 1.82. The number of aryl methyl sites for hydroxylation is 1. The summed E-state index contributed by atoms with van der Waals surface area (Å²) in [7, 11) is 0. The van der Waals surface area contributed by atoms with Crippen molar-refractivity contribution in [3.63, 3.8) is 0 Å². The van der Waals surface area contributed by atoms with E-state index in [1.165, 1.54) is 11.1 Å². The van der Waals surface area contributed by atoms with Gasteiger partial charge in [0.15, 0.2) is 6.61 Å². The smallest absolute Gasteiger partial charge is 0.254 e. The van der Waals surface area contributed by atoms with Crippen LogP contribution in [-0.2, 0) is 17.4 Å². The van der Waals surface area contributed by atoms with E-state index in [0.29, 0.717) is 11.8 Å². The second-order valence-electron chi connectivity index (χ2n) is 9.35. The number of aromatic nitrogens is 2. The Morgan fingerprint density at radius 1 is 0.857 bits per heavy atom. The molecule has 1 aromatic heterocycles. The molecule has 28 heavy (non-hydrogen) atoms. The van der Waals surface area contributed by atoms with Gasteiger partial charge >= 0.3 is 0 Å². The molecule has 1 heterocycles. The summed E-state index contributed by atoms with van der Waals surface area (Å²) in [6, 6.07) is 14.5. The Morgan fingerprint density at radius 3 is 2.04 bits per heavy atom. The SMILES string of the molecule is Cc1ccccc1OCc1nnc(-c2cc(C(C)(C)C)cc(C(C)(C)C)c2)o1. The molecule has 0 saturated heterocycles. The third-order valence-corrected chi connectivity index (χ3v) is 4.82. The van der Waals surface area contributed by atoms with E-state index in [1.54, 1.807) is 0 Å². The number of nitrogens with zero attached hydrogens (tertiary/aromatic N) is 2. The molecule has 2 aromatic carbocycles. The molecule has 0 unspecified atom stereocenters. The molecule has 0 spiro atoms. The standard InChI is InChI=1S/C24H30N2O2/c1-16-10-8-9-11-20(16)27-15-21-25-26-22(28-21)17-12-18(23(2,3)4)14-19(13-17)24(5,6)7/h8-14H,15H2,1-7H3. The Balaban J connectivity index is 1.89. The van der Waals surface area contributed by atoms with Crippen LogP contribution in [0.1, 0.15) is 64.1 Å². The van der Waals surface area contributed by atoms with Crippen LogP contribution in [0.25, 0.3) is 11.5 Å². The second kappa shape index (κ2) is 7.42. The normalized spacial score (nSPS) is 12.2. The van der Waals surface area contributed by atoms with E-state index in [-0.39, 0.29) is 17.4 Å². The third-order valence-electron chi connectivity index (χ3n) is 4.82. The highest BCUT2D eigenvalue weighted by atomic mass is 16.5. The molecular formula is C24H30N2O2. The van der Waals surface area contributed by atoms with Crippen molar-refractivity contribution in [3.8, 4) is 17.2 Å². The van der Waals surface area contributed by atoms with Crippen molar-refractivity contribution in [2.75, 3.05) is 0 Å². The number of rotatable bonds is 4. The van der Waals surface area contributed by atoms with Gasteiger partial charge in [0.1, 0.15) is 5.75 Å². The van der Waals surface area contributed by atoms with Crippen molar-refractivity contribution in [3.05, 3.63) is 65.0 Å². The molecule has 0 atom stereocenters. The Hall–Kier alpha value is -2.62. The zero-order valence-corrected chi connectivity index (χ0v) is 18.0. The number of ether oxygens (including phenoxy) is 1. The first-order valence-corrected chi connectivity index (χ1v) is 9.71. The van der Waals surface area contributed by atoms with Gasteiger partial charge in [-0.3, -0.25) is 0 Å². The van der Waals surface area contributed by atoms with Crippen molar-refractivity contribution in [2.45, 2.75) is 65.9 Å². The quantitative estimate of drug-likeness (QED) is 0.541. The van der Waals surface area contributed by atoms with Crippen molar-refractivity contribution in [2.24, 2.45) is 0 Å². The lowest BCUT2D eigenvalue weighted by atomic mass is 9.79. The largest absolute Gasteiger partial charge is 0.484 e. The van der Waals surface area contributed by atoms with Crippen LogP contribution in [0.4, 0.5) is 0 Å². The predicted molar refractivity (Wildman–Crippen MR) is 113 cm³/mol. The summed E-state index contributed by atoms with van der Waals surface area (Å²) in [5, 5.41) is 8.45. The van der Waals surface area contributed by atoms with Gasteiger partial charge in [0.2, 0.25) is 5.89 Å². The minimum atomic E-state index is 0.0345. The molecule has 0 fully saturated rings. The van der Waals surface area contributed by atoms with Crippen LogP contribution < -0.4 is 4.74 Å². The number of hydrogen-bond donors (Lipinski definition) is 0. The molecular weight excluding hydrogens is 348 g/mol. The van der Waals surface area contributed by atoms with Gasteiger partial charge in [-0.05, 0) is 52.6 Å². The Labute approximate surface area is 168 Å². The summed E-state index contributed by atoms with van der Waals surface area (Å²) >= 11 is 0. The van der Waals surface area contributed by atoms with Gasteiger partial charge in [-0.15, -0.1) is 10.2 Å². The minimum Gasteiger partial charge on any atom is -0.484 e. The van der Waals surface area contributed by atoms with Gasteiger partial charge in [0, 0.05) is 5.56 Å². The van der Waals surface area contributed by atoms with Gasteiger partial charge in [0.25, 0.3) is 5.89 Å². The predicted octanol–water partition coefficient (Wildman–Crippen LogP) is 6.22. The van der Waals surface area contributed by atoms with E-state index in [4.69, 9.17) is 9.15 Å². The zero-order chi connectivity index (χ0) is 20.5. The molecule has 0 bridgehead atoms. The first-order valence-electron chi connectivity index (χ1n) is 9.71. The lowest BCUT2D eigenvalue weighted by Gasteiger charge is -2.25. The van der Waals surface area contributed by atoms with Gasteiger partial charge in [0.05, 0.1) is 0 Å². The Kier molecular flexibility index (Phi) is 5.33. The van der Waals surface area contributed by atoms with Crippen LogP contribution in [0.3, 0.4) is 0 Å². The van der Waals surface area contributed by atoms with Crippen LogP contribution in [0.15, 0.2) is 46.9 Å². The molecule has 0 aliphatic carbocycles. The maximum absolute atomic E-state index is 5.92. The van der Waals surface area contributed by atoms with Crippen LogP contribution in [-0.4, -0.2) is 10.2 Å². The first-order chi connectivity index (χ1) is 13.0. The summed E-state index contributed by atoms with van der Waals surface area (Å²) < 4.78 is 11.8. The summed E-state index contributed by atoms with van der Waals surface area (Å²) in [6.45, 7) is 15.6. The molecule has 148 valence electrons. The van der Waals surface area contributed by atoms with E-state index in [1.807, 2.05) is 31.2 Å². The van der Waals surface area contributed by atoms with Gasteiger partial charge in [-0.25, -0.2) is 0 Å². The molecule has 3 aromatic rings. The molecule has 0 aliphatic heterocycles. The molecule has 0 aliphatic rings. The van der Waals surface area contributed by atoms with Crippen molar-refractivity contribution in [1.29, 1.82) is 0 Å². The van der Waals surface area contributed by atoms with E-state index in [2.05, 4.69) is 69.9 Å². The van der Waals surface area contributed by atoms with Crippen molar-refractivity contribution < 1.29 is 9.15 Å². The van der Waals surface area contributed by atoms with Gasteiger partial charge in [-0.2, -0.15) is 0 Å². The van der Waals surface area contributed by atoms with E-state index >= 15 is 0 Å². The molecule has 4 heteroatoms. The van der Waals surface area contributed by atoms with Gasteiger partial charge in [-0.1, -0.05) is 65.8 Å². The van der Waals surface area contributed by atoms with Crippen LogP contribution in [0.2, 0.25) is 0 Å². The number of para-hydroxylation sites is 1. The molecule has 0 radical (unpaired) electrons. The topological polar surface area (TPSA) is 48.2 Å². The number of hydrogen-bond acceptors (Lipinski definition) is 4. The number of benzene rings is 2. The third kappa shape index (κ3) is 4.61. The summed E-state index contributed by atoms with van der Waals surface area (Å²) in [4.78, 5) is 0. The summed E-state index contributed by atoms with van der Waals surface area (Å²) in [6.07, 6.45) is 0. The van der Waals surface area contributed by atoms with Gasteiger partial charge < -0.3 is 9.15 Å². The molecule has 3 rings (SSSR count). The minimum absolute atomic E-state index is 0.0345. The molecule has 0 saturated carbocycles. The maximum Gasteiger partial charge on any atom is 0.254 e. The fourth-order valence-corrected chi connectivity index (χ4v) is 2.90. The average Bonchev–Trinajstić information content (AvgIpc) is 3.08. The van der Waals surface area contributed by atoms with Crippen LogP contribution >= 0.6 is 0 Å². The highest BCUT2D eigenvalue weighted by Crippen LogP contribution is 2.33.